The number of amides is 1. The van der Waals surface area contributed by atoms with Crippen molar-refractivity contribution >= 4 is 5.91 Å². The lowest BCUT2D eigenvalue weighted by Gasteiger charge is -2.14. The van der Waals surface area contributed by atoms with Crippen LogP contribution in [0, 0.1) is 5.92 Å². The van der Waals surface area contributed by atoms with Crippen molar-refractivity contribution in [3.63, 3.8) is 0 Å². The van der Waals surface area contributed by atoms with Gasteiger partial charge in [0.1, 0.15) is 0 Å². The molecule has 13 heavy (non-hydrogen) atoms. The topological polar surface area (TPSA) is 29.1 Å². The maximum absolute atomic E-state index is 11.1. The van der Waals surface area contributed by atoms with Gasteiger partial charge in [-0.05, 0) is 11.5 Å². The minimum Gasteiger partial charge on any atom is -0.349 e. The van der Waals surface area contributed by atoms with E-state index in [1.54, 1.807) is 0 Å². The Balaban J connectivity index is 2.23. The number of carbonyl (C=O) groups is 1. The smallest absolute Gasteiger partial charge is 0.220 e. The summed E-state index contributed by atoms with van der Waals surface area (Å²) < 4.78 is 0. The van der Waals surface area contributed by atoms with E-state index in [9.17, 15) is 4.79 Å². The Morgan fingerprint density at radius 1 is 1.31 bits per heavy atom. The highest BCUT2D eigenvalue weighted by Crippen LogP contribution is 2.29. The van der Waals surface area contributed by atoms with Gasteiger partial charge in [0.05, 0.1) is 6.04 Å². The molecule has 0 aliphatic carbocycles. The standard InChI is InChI=1S/C11H13NO/c1-8-7-10(13)12-11(8)9-5-3-2-4-6-9/h2-6,8,11H,7H2,1H3,(H,12,13)/t8-,11+/m0/s1. The van der Waals surface area contributed by atoms with Gasteiger partial charge in [-0.3, -0.25) is 4.79 Å². The first-order chi connectivity index (χ1) is 6.27. The van der Waals surface area contributed by atoms with Gasteiger partial charge < -0.3 is 5.32 Å². The average molecular weight is 175 g/mol. The molecule has 2 atom stereocenters. The van der Waals surface area contributed by atoms with Crippen LogP contribution in [-0.2, 0) is 4.79 Å². The fraction of sp³-hybridized carbons (Fsp3) is 0.364. The highest BCUT2D eigenvalue weighted by molar-refractivity contribution is 5.79. The Kier molecular flexibility index (Phi) is 2.05. The van der Waals surface area contributed by atoms with Crippen LogP contribution in [0.2, 0.25) is 0 Å². The van der Waals surface area contributed by atoms with Gasteiger partial charge in [-0.25, -0.2) is 0 Å². The van der Waals surface area contributed by atoms with Crippen LogP contribution in [0.15, 0.2) is 30.3 Å². The number of benzene rings is 1. The molecule has 2 rings (SSSR count). The minimum atomic E-state index is 0.168. The second kappa shape index (κ2) is 3.21. The molecule has 1 aliphatic heterocycles. The Bertz CT molecular complexity index is 307. The monoisotopic (exact) mass is 175 g/mol. The molecule has 2 heteroatoms. The molecule has 0 spiro atoms. The number of hydrogen-bond donors (Lipinski definition) is 1. The molecule has 0 radical (unpaired) electrons. The molecule has 1 aromatic carbocycles. The predicted molar refractivity (Wildman–Crippen MR) is 51.1 cm³/mol. The second-order valence-corrected chi connectivity index (χ2v) is 3.64. The van der Waals surface area contributed by atoms with E-state index in [4.69, 9.17) is 0 Å². The molecule has 1 saturated heterocycles. The highest BCUT2D eigenvalue weighted by Gasteiger charge is 2.29. The van der Waals surface area contributed by atoms with Crippen LogP contribution in [0.1, 0.15) is 24.9 Å². The van der Waals surface area contributed by atoms with Crippen molar-refractivity contribution < 1.29 is 4.79 Å². The number of rotatable bonds is 1. The fourth-order valence-corrected chi connectivity index (χ4v) is 1.86. The zero-order valence-electron chi connectivity index (χ0n) is 7.66. The fourth-order valence-electron chi connectivity index (χ4n) is 1.86. The molecule has 1 N–H and O–H groups in total. The average Bonchev–Trinajstić information content (AvgIpc) is 2.47. The van der Waals surface area contributed by atoms with Crippen LogP contribution in [0.25, 0.3) is 0 Å². The molecule has 0 saturated carbocycles. The van der Waals surface area contributed by atoms with Crippen LogP contribution < -0.4 is 5.32 Å². The van der Waals surface area contributed by atoms with E-state index in [-0.39, 0.29) is 11.9 Å². The maximum Gasteiger partial charge on any atom is 0.220 e. The molecule has 1 fully saturated rings. The van der Waals surface area contributed by atoms with Crippen molar-refractivity contribution in [2.24, 2.45) is 5.92 Å². The summed E-state index contributed by atoms with van der Waals surface area (Å²) in [6, 6.07) is 10.3. The van der Waals surface area contributed by atoms with Gasteiger partial charge >= 0.3 is 0 Å². The van der Waals surface area contributed by atoms with E-state index in [0.29, 0.717) is 12.3 Å². The summed E-state index contributed by atoms with van der Waals surface area (Å²) in [6.45, 7) is 2.11. The third kappa shape index (κ3) is 1.57. The van der Waals surface area contributed by atoms with Crippen molar-refractivity contribution in [1.29, 1.82) is 0 Å². The molecule has 0 unspecified atom stereocenters. The van der Waals surface area contributed by atoms with Crippen LogP contribution in [0.4, 0.5) is 0 Å². The molecule has 68 valence electrons. The van der Waals surface area contributed by atoms with Gasteiger partial charge in [0.25, 0.3) is 0 Å². The van der Waals surface area contributed by atoms with Gasteiger partial charge in [0.2, 0.25) is 5.91 Å². The molecule has 2 nitrogen and oxygen atoms in total. The zero-order valence-corrected chi connectivity index (χ0v) is 7.66. The Morgan fingerprint density at radius 2 is 2.00 bits per heavy atom. The molecular weight excluding hydrogens is 162 g/mol. The molecule has 0 bridgehead atoms. The minimum absolute atomic E-state index is 0.168. The first-order valence-electron chi connectivity index (χ1n) is 4.61. The molecule has 1 aromatic rings. The van der Waals surface area contributed by atoms with Crippen molar-refractivity contribution in [1.82, 2.24) is 5.32 Å². The van der Waals surface area contributed by atoms with Gasteiger partial charge in [-0.1, -0.05) is 37.3 Å². The van der Waals surface area contributed by atoms with Gasteiger partial charge in [0.15, 0.2) is 0 Å². The molecule has 0 aromatic heterocycles. The second-order valence-electron chi connectivity index (χ2n) is 3.64. The summed E-state index contributed by atoms with van der Waals surface area (Å²) in [4.78, 5) is 11.1. The molecule has 1 aliphatic rings. The third-order valence-corrected chi connectivity index (χ3v) is 2.55. The number of hydrogen-bond acceptors (Lipinski definition) is 1. The van der Waals surface area contributed by atoms with E-state index in [2.05, 4.69) is 24.4 Å². The van der Waals surface area contributed by atoms with E-state index < -0.39 is 0 Å². The van der Waals surface area contributed by atoms with Crippen LogP contribution in [0.3, 0.4) is 0 Å². The molecular formula is C11H13NO. The SMILES string of the molecule is C[C@H]1CC(=O)N[C@H]1c1ccccc1. The van der Waals surface area contributed by atoms with E-state index in [1.165, 1.54) is 5.56 Å². The van der Waals surface area contributed by atoms with E-state index in [1.807, 2.05) is 18.2 Å². The summed E-state index contributed by atoms with van der Waals surface area (Å²) >= 11 is 0. The van der Waals surface area contributed by atoms with E-state index >= 15 is 0 Å². The Hall–Kier alpha value is -1.31. The number of nitrogens with one attached hydrogen (secondary N) is 1. The largest absolute Gasteiger partial charge is 0.349 e. The third-order valence-electron chi connectivity index (χ3n) is 2.55. The van der Waals surface area contributed by atoms with Crippen LogP contribution in [0.5, 0.6) is 0 Å². The predicted octanol–water partition coefficient (Wildman–Crippen LogP) is 1.88. The quantitative estimate of drug-likeness (QED) is 0.693. The van der Waals surface area contributed by atoms with Crippen molar-refractivity contribution in [3.05, 3.63) is 35.9 Å². The van der Waals surface area contributed by atoms with Crippen molar-refractivity contribution in [3.8, 4) is 0 Å². The summed E-state index contributed by atoms with van der Waals surface area (Å²) in [5.74, 6) is 0.580. The maximum atomic E-state index is 11.1. The Morgan fingerprint density at radius 3 is 2.54 bits per heavy atom. The lowest BCUT2D eigenvalue weighted by atomic mass is 9.96. The highest BCUT2D eigenvalue weighted by atomic mass is 16.1. The normalized spacial score (nSPS) is 27.3. The summed E-state index contributed by atoms with van der Waals surface area (Å²) in [7, 11) is 0. The van der Waals surface area contributed by atoms with Gasteiger partial charge in [0, 0.05) is 6.42 Å². The first kappa shape index (κ1) is 8.30. The summed E-state index contributed by atoms with van der Waals surface area (Å²) in [6.07, 6.45) is 0.652. The first-order valence-corrected chi connectivity index (χ1v) is 4.61. The molecule has 1 amide bonds. The van der Waals surface area contributed by atoms with Crippen LogP contribution in [-0.4, -0.2) is 5.91 Å². The van der Waals surface area contributed by atoms with E-state index in [0.717, 1.165) is 0 Å². The lowest BCUT2D eigenvalue weighted by molar-refractivity contribution is -0.119. The van der Waals surface area contributed by atoms with Crippen molar-refractivity contribution in [2.75, 3.05) is 0 Å². The number of carbonyl (C=O) groups excluding carboxylic acids is 1. The van der Waals surface area contributed by atoms with Gasteiger partial charge in [-0.15, -0.1) is 0 Å². The van der Waals surface area contributed by atoms with Crippen LogP contribution >= 0.6 is 0 Å². The summed E-state index contributed by atoms with van der Waals surface area (Å²) in [5, 5.41) is 2.98. The van der Waals surface area contributed by atoms with Crippen molar-refractivity contribution in [2.45, 2.75) is 19.4 Å². The van der Waals surface area contributed by atoms with Gasteiger partial charge in [-0.2, -0.15) is 0 Å². The molecule has 1 heterocycles. The lowest BCUT2D eigenvalue weighted by Crippen LogP contribution is -2.19. The summed E-state index contributed by atoms with van der Waals surface area (Å²) in [5.41, 5.74) is 1.21. The Labute approximate surface area is 78.0 Å². The zero-order chi connectivity index (χ0) is 9.26.